The molecule has 3 saturated carbocycles. The molecule has 0 bridgehead atoms. The fourth-order valence-electron chi connectivity index (χ4n) is 9.74. The molecule has 0 aromatic heterocycles. The Bertz CT molecular complexity index is 1370. The normalized spacial score (nSPS) is 38.8. The Hall–Kier alpha value is -1.33. The number of benzene rings is 2. The van der Waals surface area contributed by atoms with Gasteiger partial charge in [0.05, 0.1) is 27.9 Å². The molecule has 7 rings (SSSR count). The Balaban J connectivity index is 1.20. The van der Waals surface area contributed by atoms with Gasteiger partial charge in [-0.2, -0.15) is 5.10 Å². The maximum absolute atomic E-state index is 10.4. The molecule has 6 heteroatoms. The van der Waals surface area contributed by atoms with Gasteiger partial charge in [0.25, 0.3) is 0 Å². The van der Waals surface area contributed by atoms with Gasteiger partial charge < -0.3 is 5.11 Å². The number of hydrogen-bond acceptors (Lipinski definition) is 3. The van der Waals surface area contributed by atoms with E-state index >= 15 is 0 Å². The van der Waals surface area contributed by atoms with E-state index in [2.05, 4.69) is 71.2 Å². The molecule has 2 aromatic carbocycles. The molecule has 1 heterocycles. The zero-order chi connectivity index (χ0) is 27.8. The summed E-state index contributed by atoms with van der Waals surface area (Å²) in [5.74, 6) is 2.76. The summed E-state index contributed by atoms with van der Waals surface area (Å²) in [5.41, 5.74) is 5.76. The zero-order valence-electron chi connectivity index (χ0n) is 23.4. The number of hydrazone groups is 1. The second kappa shape index (κ2) is 10.1. The molecule has 0 saturated heterocycles. The molecule has 2 aromatic rings. The number of aliphatic hydroxyl groups excluding tert-OH is 1. The second-order valence-corrected chi connectivity index (χ2v) is 15.4. The maximum atomic E-state index is 10.4. The topological polar surface area (TPSA) is 35.8 Å². The molecular formula is C34H39BrCl2N2O. The van der Waals surface area contributed by atoms with Crippen molar-refractivity contribution in [3.05, 3.63) is 74.2 Å². The van der Waals surface area contributed by atoms with Gasteiger partial charge in [-0.3, -0.25) is 5.01 Å². The predicted molar refractivity (Wildman–Crippen MR) is 169 cm³/mol. The summed E-state index contributed by atoms with van der Waals surface area (Å²) in [6.45, 7) is 5.12. The molecule has 0 amide bonds. The van der Waals surface area contributed by atoms with E-state index in [1.54, 1.807) is 5.57 Å². The Labute approximate surface area is 257 Å². The van der Waals surface area contributed by atoms with Crippen molar-refractivity contribution in [3.8, 4) is 0 Å². The molecule has 212 valence electrons. The lowest BCUT2D eigenvalue weighted by molar-refractivity contribution is -0.0424. The van der Waals surface area contributed by atoms with E-state index in [0.29, 0.717) is 16.0 Å². The number of allylic oxidation sites excluding steroid dienone is 1. The molecule has 5 aliphatic rings. The van der Waals surface area contributed by atoms with E-state index in [-0.39, 0.29) is 23.0 Å². The lowest BCUT2D eigenvalue weighted by Crippen LogP contribution is -2.51. The summed E-state index contributed by atoms with van der Waals surface area (Å²) < 4.78 is 1.07. The van der Waals surface area contributed by atoms with E-state index in [9.17, 15) is 5.11 Å². The number of halogens is 3. The zero-order valence-corrected chi connectivity index (χ0v) is 26.5. The standard InChI is InChI=1S/C34H39BrCl2N2O/c1-33-15-13-24(40)18-21(33)4-9-25-26-10-11-28(34(26,2)16-14-27(25)33)31-19-32(20-3-12-29(36)30(37)17-20)39(38-31)23-7-5-22(35)6-8-23/h3-8,12,17,24-28,32,40H,9-11,13-16,18-19H2,1-2H3/t24-,25-,26-,27-,28+,32?,33-,34-/m0/s1. The van der Waals surface area contributed by atoms with Crippen LogP contribution in [0.15, 0.2) is 63.7 Å². The summed E-state index contributed by atoms with van der Waals surface area (Å²) in [5, 5.41) is 19.2. The number of fused-ring (bicyclic) bond motifs is 5. The minimum atomic E-state index is -0.141. The highest BCUT2D eigenvalue weighted by Crippen LogP contribution is 2.67. The van der Waals surface area contributed by atoms with Crippen molar-refractivity contribution < 1.29 is 5.11 Å². The lowest BCUT2D eigenvalue weighted by Gasteiger charge is -2.58. The van der Waals surface area contributed by atoms with Gasteiger partial charge in [-0.1, -0.05) is 70.7 Å². The average molecular weight is 643 g/mol. The molecule has 1 aliphatic heterocycles. The minimum absolute atomic E-state index is 0.109. The van der Waals surface area contributed by atoms with E-state index < -0.39 is 0 Å². The van der Waals surface area contributed by atoms with Gasteiger partial charge in [0.1, 0.15) is 0 Å². The van der Waals surface area contributed by atoms with E-state index in [0.717, 1.165) is 59.2 Å². The van der Waals surface area contributed by atoms with Crippen LogP contribution in [0.4, 0.5) is 5.69 Å². The smallest absolute Gasteiger partial charge is 0.0828 e. The number of nitrogens with zero attached hydrogens (tertiary/aromatic N) is 2. The van der Waals surface area contributed by atoms with Crippen molar-refractivity contribution >= 4 is 50.5 Å². The third-order valence-corrected chi connectivity index (χ3v) is 13.1. The molecule has 8 atom stereocenters. The van der Waals surface area contributed by atoms with Crippen LogP contribution in [-0.4, -0.2) is 16.9 Å². The third-order valence-electron chi connectivity index (χ3n) is 11.8. The SMILES string of the molecule is C[C@]12CC[C@H]3[C@@H](CC=C4C[C@@H](O)CC[C@@]43C)[C@@H]1CC[C@@H]2C1=NN(c2ccc(Br)cc2)C(c2ccc(Cl)c(Cl)c2)C1. The molecule has 1 N–H and O–H groups in total. The van der Waals surface area contributed by atoms with Crippen molar-refractivity contribution in [2.24, 2.45) is 39.6 Å². The number of aliphatic hydroxyl groups is 1. The fraction of sp³-hybridized carbons (Fsp3) is 0.559. The van der Waals surface area contributed by atoms with Crippen LogP contribution in [0.5, 0.6) is 0 Å². The van der Waals surface area contributed by atoms with Crippen LogP contribution in [0.3, 0.4) is 0 Å². The monoisotopic (exact) mass is 640 g/mol. The van der Waals surface area contributed by atoms with Gasteiger partial charge >= 0.3 is 0 Å². The summed E-state index contributed by atoms with van der Waals surface area (Å²) in [6, 6.07) is 14.7. The van der Waals surface area contributed by atoms with Crippen molar-refractivity contribution in [2.75, 3.05) is 5.01 Å². The van der Waals surface area contributed by atoms with Crippen LogP contribution in [0.1, 0.15) is 83.2 Å². The summed E-state index contributed by atoms with van der Waals surface area (Å²) in [6.07, 6.45) is 12.6. The number of anilines is 1. The Morgan fingerprint density at radius 2 is 1.73 bits per heavy atom. The first-order valence-electron chi connectivity index (χ1n) is 15.1. The predicted octanol–water partition coefficient (Wildman–Crippen LogP) is 10.0. The lowest BCUT2D eigenvalue weighted by atomic mass is 9.47. The fourth-order valence-corrected chi connectivity index (χ4v) is 10.3. The largest absolute Gasteiger partial charge is 0.393 e. The minimum Gasteiger partial charge on any atom is -0.393 e. The summed E-state index contributed by atoms with van der Waals surface area (Å²) in [7, 11) is 0. The quantitative estimate of drug-likeness (QED) is 0.339. The van der Waals surface area contributed by atoms with E-state index in [4.69, 9.17) is 28.3 Å². The van der Waals surface area contributed by atoms with Crippen molar-refractivity contribution in [2.45, 2.75) is 83.8 Å². The molecular weight excluding hydrogens is 603 g/mol. The van der Waals surface area contributed by atoms with Crippen LogP contribution in [0.25, 0.3) is 0 Å². The molecule has 4 aliphatic carbocycles. The summed E-state index contributed by atoms with van der Waals surface area (Å²) >= 11 is 16.4. The van der Waals surface area contributed by atoms with Crippen molar-refractivity contribution in [3.63, 3.8) is 0 Å². The molecule has 1 unspecified atom stereocenters. The number of rotatable bonds is 3. The first-order chi connectivity index (χ1) is 19.2. The molecule has 40 heavy (non-hydrogen) atoms. The first-order valence-corrected chi connectivity index (χ1v) is 16.7. The Kier molecular flexibility index (Phi) is 6.97. The van der Waals surface area contributed by atoms with Crippen molar-refractivity contribution in [1.29, 1.82) is 0 Å². The highest BCUT2D eigenvalue weighted by Gasteiger charge is 2.59. The van der Waals surface area contributed by atoms with E-state index in [1.807, 2.05) is 12.1 Å². The van der Waals surface area contributed by atoms with Gasteiger partial charge in [0, 0.05) is 22.5 Å². The van der Waals surface area contributed by atoms with Crippen LogP contribution < -0.4 is 5.01 Å². The highest BCUT2D eigenvalue weighted by atomic mass is 79.9. The van der Waals surface area contributed by atoms with Gasteiger partial charge in [-0.25, -0.2) is 0 Å². The molecule has 3 fully saturated rings. The number of hydrogen-bond donors (Lipinski definition) is 1. The van der Waals surface area contributed by atoms with Crippen LogP contribution in [0, 0.1) is 34.5 Å². The molecule has 0 radical (unpaired) electrons. The van der Waals surface area contributed by atoms with Crippen molar-refractivity contribution in [1.82, 2.24) is 0 Å². The highest BCUT2D eigenvalue weighted by molar-refractivity contribution is 9.10. The third kappa shape index (κ3) is 4.34. The van der Waals surface area contributed by atoms with E-state index in [1.165, 1.54) is 37.8 Å². The van der Waals surface area contributed by atoms with Crippen LogP contribution in [-0.2, 0) is 0 Å². The van der Waals surface area contributed by atoms with Gasteiger partial charge in [-0.15, -0.1) is 0 Å². The molecule has 0 spiro atoms. The van der Waals surface area contributed by atoms with Gasteiger partial charge in [-0.05, 0) is 122 Å². The second-order valence-electron chi connectivity index (χ2n) is 13.6. The Morgan fingerprint density at radius 3 is 2.50 bits per heavy atom. The Morgan fingerprint density at radius 1 is 0.925 bits per heavy atom. The van der Waals surface area contributed by atoms with Gasteiger partial charge in [0.2, 0.25) is 0 Å². The molecule has 3 nitrogen and oxygen atoms in total. The van der Waals surface area contributed by atoms with Crippen LogP contribution in [0.2, 0.25) is 10.0 Å². The maximum Gasteiger partial charge on any atom is 0.0828 e. The average Bonchev–Trinajstić information content (AvgIpc) is 3.52. The summed E-state index contributed by atoms with van der Waals surface area (Å²) in [4.78, 5) is 0. The van der Waals surface area contributed by atoms with Crippen LogP contribution >= 0.6 is 39.1 Å². The first kappa shape index (κ1) is 27.5. The van der Waals surface area contributed by atoms with Gasteiger partial charge in [0.15, 0.2) is 0 Å².